The molecular formula is C20H29NO9. The van der Waals surface area contributed by atoms with Crippen LogP contribution in [0.5, 0.6) is 0 Å². The van der Waals surface area contributed by atoms with Crippen LogP contribution in [0.25, 0.3) is 0 Å². The van der Waals surface area contributed by atoms with E-state index in [2.05, 4.69) is 0 Å². The number of hydrogen-bond donors (Lipinski definition) is 0. The molecule has 10 nitrogen and oxygen atoms in total. The van der Waals surface area contributed by atoms with Gasteiger partial charge >= 0.3 is 24.0 Å². The van der Waals surface area contributed by atoms with Crippen molar-refractivity contribution in [1.29, 1.82) is 0 Å². The molecule has 10 heteroatoms. The van der Waals surface area contributed by atoms with Crippen molar-refractivity contribution in [2.45, 2.75) is 91.4 Å². The van der Waals surface area contributed by atoms with Crippen molar-refractivity contribution in [3.8, 4) is 0 Å². The van der Waals surface area contributed by atoms with E-state index < -0.39 is 53.6 Å². The highest BCUT2D eigenvalue weighted by molar-refractivity contribution is 5.72. The number of carbonyl (C=O) groups is 4. The molecule has 1 saturated heterocycles. The second kappa shape index (κ2) is 8.25. The van der Waals surface area contributed by atoms with Crippen LogP contribution in [0, 0.1) is 0 Å². The Morgan fingerprint density at radius 1 is 1.00 bits per heavy atom. The van der Waals surface area contributed by atoms with Crippen LogP contribution < -0.4 is 0 Å². The summed E-state index contributed by atoms with van der Waals surface area (Å²) in [5.41, 5.74) is -1.89. The van der Waals surface area contributed by atoms with Gasteiger partial charge in [0.2, 0.25) is 0 Å². The highest BCUT2D eigenvalue weighted by atomic mass is 16.6. The molecule has 0 aromatic rings. The fourth-order valence-electron chi connectivity index (χ4n) is 3.59. The summed E-state index contributed by atoms with van der Waals surface area (Å²) in [6.07, 6.45) is -2.72. The first-order chi connectivity index (χ1) is 13.6. The van der Waals surface area contributed by atoms with Gasteiger partial charge in [-0.2, -0.15) is 0 Å². The zero-order valence-corrected chi connectivity index (χ0v) is 18.6. The Kier molecular flexibility index (Phi) is 6.51. The number of fused-ring (bicyclic) bond motifs is 1. The smallest absolute Gasteiger partial charge is 0.412 e. The Morgan fingerprint density at radius 3 is 2.03 bits per heavy atom. The Hall–Kier alpha value is -2.62. The molecule has 0 spiro atoms. The van der Waals surface area contributed by atoms with Crippen molar-refractivity contribution in [3.63, 3.8) is 0 Å². The van der Waals surface area contributed by atoms with E-state index in [0.717, 1.165) is 0 Å². The third-order valence-electron chi connectivity index (χ3n) is 4.35. The van der Waals surface area contributed by atoms with Crippen LogP contribution in [0.15, 0.2) is 11.5 Å². The molecule has 0 radical (unpaired) electrons. The number of ether oxygens (including phenoxy) is 5. The second-order valence-corrected chi connectivity index (χ2v) is 8.66. The van der Waals surface area contributed by atoms with Crippen LogP contribution in [-0.2, 0) is 38.1 Å². The molecule has 1 aliphatic carbocycles. The van der Waals surface area contributed by atoms with Gasteiger partial charge in [0.25, 0.3) is 0 Å². The van der Waals surface area contributed by atoms with E-state index in [4.69, 9.17) is 23.7 Å². The molecule has 1 aliphatic heterocycles. The van der Waals surface area contributed by atoms with Crippen LogP contribution in [-0.4, -0.2) is 58.5 Å². The Bertz CT molecular complexity index is 778. The molecule has 3 atom stereocenters. The molecule has 0 N–H and O–H groups in total. The van der Waals surface area contributed by atoms with Gasteiger partial charge in [-0.25, -0.2) is 4.79 Å². The molecular weight excluding hydrogens is 398 g/mol. The van der Waals surface area contributed by atoms with E-state index >= 15 is 0 Å². The highest BCUT2D eigenvalue weighted by Gasteiger charge is 2.59. The molecule has 168 valence electrons. The average Bonchev–Trinajstić information content (AvgIpc) is 2.77. The molecule has 1 amide bonds. The zero-order valence-electron chi connectivity index (χ0n) is 18.6. The van der Waals surface area contributed by atoms with Gasteiger partial charge in [-0.1, -0.05) is 0 Å². The number of rotatable bonds is 3. The summed E-state index contributed by atoms with van der Waals surface area (Å²) in [7, 11) is 0. The molecule has 30 heavy (non-hydrogen) atoms. The van der Waals surface area contributed by atoms with Crippen LogP contribution in [0.1, 0.15) is 61.8 Å². The van der Waals surface area contributed by atoms with E-state index in [1.54, 1.807) is 34.6 Å². The molecule has 2 rings (SSSR count). The maximum absolute atomic E-state index is 13.0. The summed E-state index contributed by atoms with van der Waals surface area (Å²) < 4.78 is 27.5. The van der Waals surface area contributed by atoms with Crippen molar-refractivity contribution < 1.29 is 42.9 Å². The minimum absolute atomic E-state index is 0.00665. The maximum Gasteiger partial charge on any atom is 0.412 e. The molecule has 0 aromatic heterocycles. The first-order valence-corrected chi connectivity index (χ1v) is 9.59. The van der Waals surface area contributed by atoms with Gasteiger partial charge in [0.05, 0.1) is 6.04 Å². The van der Waals surface area contributed by atoms with E-state index in [1.807, 2.05) is 0 Å². The minimum Gasteiger partial charge on any atom is -0.451 e. The Labute approximate surface area is 175 Å². The van der Waals surface area contributed by atoms with Crippen molar-refractivity contribution in [1.82, 2.24) is 4.90 Å². The summed E-state index contributed by atoms with van der Waals surface area (Å²) in [4.78, 5) is 49.4. The summed E-state index contributed by atoms with van der Waals surface area (Å²) in [5.74, 6) is -2.15. The zero-order chi connectivity index (χ0) is 23.0. The lowest BCUT2D eigenvalue weighted by molar-refractivity contribution is -0.165. The summed E-state index contributed by atoms with van der Waals surface area (Å²) >= 11 is 0. The molecule has 1 fully saturated rings. The monoisotopic (exact) mass is 427 g/mol. The van der Waals surface area contributed by atoms with E-state index in [9.17, 15) is 19.2 Å². The van der Waals surface area contributed by atoms with Crippen LogP contribution in [0.4, 0.5) is 4.79 Å². The summed E-state index contributed by atoms with van der Waals surface area (Å²) in [6, 6.07) is -0.701. The summed E-state index contributed by atoms with van der Waals surface area (Å²) in [6.45, 7) is 12.1. The predicted octanol–water partition coefficient (Wildman–Crippen LogP) is 2.40. The first kappa shape index (κ1) is 23.7. The van der Waals surface area contributed by atoms with Crippen LogP contribution in [0.3, 0.4) is 0 Å². The second-order valence-electron chi connectivity index (χ2n) is 8.66. The molecule has 0 aromatic carbocycles. The van der Waals surface area contributed by atoms with Gasteiger partial charge in [-0.15, -0.1) is 0 Å². The Balaban J connectivity index is 2.55. The van der Waals surface area contributed by atoms with Gasteiger partial charge < -0.3 is 23.7 Å². The number of hydrogen-bond acceptors (Lipinski definition) is 9. The molecule has 0 saturated carbocycles. The maximum atomic E-state index is 13.0. The topological polar surface area (TPSA) is 118 Å². The predicted molar refractivity (Wildman–Crippen MR) is 102 cm³/mol. The number of nitrogens with zero attached hydrogens (tertiary/aromatic N) is 1. The van der Waals surface area contributed by atoms with Crippen molar-refractivity contribution >= 4 is 24.0 Å². The van der Waals surface area contributed by atoms with E-state index in [1.165, 1.54) is 25.7 Å². The number of carbonyl (C=O) groups excluding carboxylic acids is 4. The largest absolute Gasteiger partial charge is 0.451 e. The van der Waals surface area contributed by atoms with Gasteiger partial charge in [-0.3, -0.25) is 19.3 Å². The average molecular weight is 427 g/mol. The normalized spacial score (nSPS) is 25.3. The van der Waals surface area contributed by atoms with Gasteiger partial charge in [0, 0.05) is 27.2 Å². The van der Waals surface area contributed by atoms with Crippen molar-refractivity contribution in [2.75, 3.05) is 0 Å². The van der Waals surface area contributed by atoms with Crippen molar-refractivity contribution in [3.05, 3.63) is 11.5 Å². The van der Waals surface area contributed by atoms with Crippen LogP contribution in [0.2, 0.25) is 0 Å². The Morgan fingerprint density at radius 2 is 1.57 bits per heavy atom. The fourth-order valence-corrected chi connectivity index (χ4v) is 3.59. The lowest BCUT2D eigenvalue weighted by Crippen LogP contribution is -2.53. The van der Waals surface area contributed by atoms with Gasteiger partial charge in [0.1, 0.15) is 17.4 Å². The van der Waals surface area contributed by atoms with E-state index in [0.29, 0.717) is 0 Å². The highest BCUT2D eigenvalue weighted by Crippen LogP contribution is 2.44. The first-order valence-electron chi connectivity index (χ1n) is 9.59. The number of esters is 3. The molecule has 0 unspecified atom stereocenters. The van der Waals surface area contributed by atoms with Gasteiger partial charge in [-0.05, 0) is 34.6 Å². The number of amides is 1. The minimum atomic E-state index is -1.20. The quantitative estimate of drug-likeness (QED) is 0.494. The third-order valence-corrected chi connectivity index (χ3v) is 4.35. The molecule has 2 aliphatic rings. The summed E-state index contributed by atoms with van der Waals surface area (Å²) in [5, 5.41) is 0. The lowest BCUT2D eigenvalue weighted by atomic mass is 9.92. The third kappa shape index (κ3) is 5.29. The molecule has 0 bridgehead atoms. The molecule has 1 heterocycles. The van der Waals surface area contributed by atoms with Crippen LogP contribution >= 0.6 is 0 Å². The standard InChI is InChI=1S/C20H29NO9/c1-10(22)26-14-9-13-15(17(28-12(3)24)16(14)27-11(2)23)29-20(7,8)21(13)18(25)30-19(4,5)6/h13,15,17H,9H2,1-8H3/t13-,15+,17+/m1/s1. The SMILES string of the molecule is CC(=O)OC1=C(OC(C)=O)[C@@H](OC(C)=O)[C@H]2OC(C)(C)N(C(=O)OC(C)(C)C)[C@@H]2C1. The van der Waals surface area contributed by atoms with Gasteiger partial charge in [0.15, 0.2) is 17.6 Å². The van der Waals surface area contributed by atoms with Crippen molar-refractivity contribution in [2.24, 2.45) is 0 Å². The van der Waals surface area contributed by atoms with E-state index in [-0.39, 0.29) is 17.9 Å². The fraction of sp³-hybridized carbons (Fsp3) is 0.700. The lowest BCUT2D eigenvalue weighted by Gasteiger charge is -2.37.